The fourth-order valence-electron chi connectivity index (χ4n) is 4.18. The van der Waals surface area contributed by atoms with Crippen LogP contribution in [0.4, 0.5) is 11.5 Å². The Hall–Kier alpha value is -3.61. The molecular weight excluding hydrogens is 416 g/mol. The zero-order valence-corrected chi connectivity index (χ0v) is 19.6. The van der Waals surface area contributed by atoms with Crippen molar-refractivity contribution in [3.8, 4) is 11.5 Å². The molecule has 1 fully saturated rings. The highest BCUT2D eigenvalue weighted by molar-refractivity contribution is 5.78. The van der Waals surface area contributed by atoms with Crippen molar-refractivity contribution in [1.82, 2.24) is 14.9 Å². The van der Waals surface area contributed by atoms with Gasteiger partial charge in [0.1, 0.15) is 5.82 Å². The summed E-state index contributed by atoms with van der Waals surface area (Å²) < 4.78 is 11.2. The molecule has 1 N–H and O–H groups in total. The lowest BCUT2D eigenvalue weighted by atomic mass is 10.1. The predicted molar refractivity (Wildman–Crippen MR) is 128 cm³/mol. The minimum absolute atomic E-state index is 0.0417. The van der Waals surface area contributed by atoms with Crippen LogP contribution < -0.4 is 14.8 Å². The summed E-state index contributed by atoms with van der Waals surface area (Å²) in [6, 6.07) is 13.5. The molecule has 1 atom stereocenters. The number of nitrogens with zero attached hydrogens (tertiary/aromatic N) is 3. The molecule has 4 rings (SSSR count). The first kappa shape index (κ1) is 22.6. The molecule has 1 aliphatic heterocycles. The van der Waals surface area contributed by atoms with E-state index in [9.17, 15) is 4.79 Å². The summed E-state index contributed by atoms with van der Waals surface area (Å²) in [5.74, 6) is 1.95. The van der Waals surface area contributed by atoms with Crippen molar-refractivity contribution in [3.05, 3.63) is 71.2 Å². The van der Waals surface area contributed by atoms with Crippen molar-refractivity contribution in [1.29, 1.82) is 0 Å². The Labute approximate surface area is 194 Å². The molecule has 2 aromatic heterocycles. The topological polar surface area (TPSA) is 76.6 Å². The van der Waals surface area contributed by atoms with E-state index >= 15 is 0 Å². The molecule has 0 aliphatic carbocycles. The number of likely N-dealkylation sites (tertiary alicyclic amines) is 1. The second-order valence-corrected chi connectivity index (χ2v) is 8.40. The number of pyridine rings is 2. The number of amides is 1. The number of carbonyl (C=O) groups is 1. The Balaban J connectivity index is 1.49. The van der Waals surface area contributed by atoms with Crippen LogP contribution in [-0.2, 0) is 4.79 Å². The lowest BCUT2D eigenvalue weighted by Gasteiger charge is -2.25. The summed E-state index contributed by atoms with van der Waals surface area (Å²) in [5.41, 5.74) is 4.82. The van der Waals surface area contributed by atoms with Crippen LogP contribution in [0, 0.1) is 20.8 Å². The van der Waals surface area contributed by atoms with Gasteiger partial charge in [0, 0.05) is 24.1 Å². The molecule has 1 aromatic carbocycles. The summed E-state index contributed by atoms with van der Waals surface area (Å²) in [7, 11) is 1.60. The predicted octanol–water partition coefficient (Wildman–Crippen LogP) is 4.90. The number of rotatable bonds is 7. The van der Waals surface area contributed by atoms with Gasteiger partial charge in [-0.15, -0.1) is 0 Å². The zero-order valence-electron chi connectivity index (χ0n) is 19.6. The van der Waals surface area contributed by atoms with Gasteiger partial charge in [0.25, 0.3) is 5.91 Å². The molecule has 1 amide bonds. The molecule has 172 valence electrons. The SMILES string of the molecule is COc1cc(C)ccc1OCC(=O)N1CCCC1c1cc(Nc2ncccc2C)cc(C)n1. The highest BCUT2D eigenvalue weighted by atomic mass is 16.5. The highest BCUT2D eigenvalue weighted by Crippen LogP contribution is 2.34. The van der Waals surface area contributed by atoms with Gasteiger partial charge in [-0.3, -0.25) is 9.78 Å². The number of carbonyl (C=O) groups excluding carboxylic acids is 1. The third-order valence-electron chi connectivity index (χ3n) is 5.83. The summed E-state index contributed by atoms with van der Waals surface area (Å²) in [6.07, 6.45) is 3.57. The molecule has 0 saturated carbocycles. The summed E-state index contributed by atoms with van der Waals surface area (Å²) in [5, 5.41) is 3.39. The molecule has 7 heteroatoms. The molecular formula is C26H30N4O3. The Bertz CT molecular complexity index is 1150. The number of benzene rings is 1. The van der Waals surface area contributed by atoms with Crippen molar-refractivity contribution < 1.29 is 14.3 Å². The third-order valence-corrected chi connectivity index (χ3v) is 5.83. The van der Waals surface area contributed by atoms with Crippen molar-refractivity contribution in [2.75, 3.05) is 25.6 Å². The summed E-state index contributed by atoms with van der Waals surface area (Å²) >= 11 is 0. The van der Waals surface area contributed by atoms with Crippen LogP contribution in [0.15, 0.2) is 48.7 Å². The normalized spacial score (nSPS) is 15.4. The molecule has 0 spiro atoms. The van der Waals surface area contributed by atoms with Crippen LogP contribution in [-0.4, -0.2) is 41.0 Å². The average molecular weight is 447 g/mol. The lowest BCUT2D eigenvalue weighted by molar-refractivity contribution is -0.134. The molecule has 33 heavy (non-hydrogen) atoms. The molecule has 1 aliphatic rings. The second kappa shape index (κ2) is 9.90. The van der Waals surface area contributed by atoms with E-state index in [1.54, 1.807) is 13.3 Å². The van der Waals surface area contributed by atoms with Crippen LogP contribution in [0.1, 0.15) is 41.4 Å². The molecule has 3 aromatic rings. The number of aryl methyl sites for hydroxylation is 3. The molecule has 3 heterocycles. The van der Waals surface area contributed by atoms with Gasteiger partial charge >= 0.3 is 0 Å². The van der Waals surface area contributed by atoms with Gasteiger partial charge in [0.15, 0.2) is 18.1 Å². The number of ether oxygens (including phenoxy) is 2. The van der Waals surface area contributed by atoms with Gasteiger partial charge in [-0.1, -0.05) is 12.1 Å². The van der Waals surface area contributed by atoms with Crippen LogP contribution >= 0.6 is 0 Å². The summed E-state index contributed by atoms with van der Waals surface area (Å²) in [4.78, 5) is 24.1. The maximum atomic E-state index is 13.1. The van der Waals surface area contributed by atoms with Crippen molar-refractivity contribution in [2.45, 2.75) is 39.7 Å². The zero-order chi connectivity index (χ0) is 23.4. The van der Waals surface area contributed by atoms with Crippen molar-refractivity contribution in [3.63, 3.8) is 0 Å². The van der Waals surface area contributed by atoms with Gasteiger partial charge in [-0.2, -0.15) is 0 Å². The highest BCUT2D eigenvalue weighted by Gasteiger charge is 2.31. The fourth-order valence-corrected chi connectivity index (χ4v) is 4.18. The number of nitrogens with one attached hydrogen (secondary N) is 1. The average Bonchev–Trinajstić information content (AvgIpc) is 3.29. The maximum absolute atomic E-state index is 13.1. The maximum Gasteiger partial charge on any atom is 0.261 e. The van der Waals surface area contributed by atoms with Crippen LogP contribution in [0.25, 0.3) is 0 Å². The van der Waals surface area contributed by atoms with Gasteiger partial charge < -0.3 is 19.7 Å². The van der Waals surface area contributed by atoms with E-state index in [4.69, 9.17) is 14.5 Å². The van der Waals surface area contributed by atoms with E-state index in [1.807, 2.05) is 68.1 Å². The lowest BCUT2D eigenvalue weighted by Crippen LogP contribution is -2.35. The molecule has 1 saturated heterocycles. The number of methoxy groups -OCH3 is 1. The number of hydrogen-bond donors (Lipinski definition) is 1. The van der Waals surface area contributed by atoms with Gasteiger partial charge in [-0.05, 0) is 75.1 Å². The van der Waals surface area contributed by atoms with Crippen LogP contribution in [0.3, 0.4) is 0 Å². The first-order chi connectivity index (χ1) is 15.9. The smallest absolute Gasteiger partial charge is 0.261 e. The van der Waals surface area contributed by atoms with Crippen LogP contribution in [0.5, 0.6) is 11.5 Å². The molecule has 1 unspecified atom stereocenters. The van der Waals surface area contributed by atoms with Crippen molar-refractivity contribution >= 4 is 17.4 Å². The van der Waals surface area contributed by atoms with E-state index in [-0.39, 0.29) is 18.6 Å². The first-order valence-electron chi connectivity index (χ1n) is 11.2. The second-order valence-electron chi connectivity index (χ2n) is 8.40. The standard InChI is InChI=1S/C26H30N4O3/c1-17-9-10-23(24(13-17)32-4)33-16-25(31)30-12-6-8-22(30)21-15-20(14-19(3)28-21)29-26-18(2)7-5-11-27-26/h5,7,9-11,13-15,22H,6,8,12,16H2,1-4H3,(H,27,28,29). The van der Waals surface area contributed by atoms with Gasteiger partial charge in [0.2, 0.25) is 0 Å². The molecule has 0 bridgehead atoms. The fraction of sp³-hybridized carbons (Fsp3) is 0.346. The van der Waals surface area contributed by atoms with E-state index in [2.05, 4.69) is 10.3 Å². The first-order valence-corrected chi connectivity index (χ1v) is 11.2. The minimum atomic E-state index is -0.0775. The third kappa shape index (κ3) is 5.25. The number of anilines is 2. The van der Waals surface area contributed by atoms with E-state index in [0.29, 0.717) is 18.0 Å². The van der Waals surface area contributed by atoms with Gasteiger partial charge in [-0.25, -0.2) is 4.98 Å². The largest absolute Gasteiger partial charge is 0.493 e. The van der Waals surface area contributed by atoms with Gasteiger partial charge in [0.05, 0.1) is 18.8 Å². The van der Waals surface area contributed by atoms with E-state index < -0.39 is 0 Å². The van der Waals surface area contributed by atoms with E-state index in [1.165, 1.54) is 0 Å². The Morgan fingerprint density at radius 3 is 2.79 bits per heavy atom. The molecule has 0 radical (unpaired) electrons. The van der Waals surface area contributed by atoms with E-state index in [0.717, 1.165) is 46.9 Å². The number of hydrogen-bond acceptors (Lipinski definition) is 6. The van der Waals surface area contributed by atoms with Crippen molar-refractivity contribution in [2.24, 2.45) is 0 Å². The van der Waals surface area contributed by atoms with Crippen LogP contribution in [0.2, 0.25) is 0 Å². The Kier molecular flexibility index (Phi) is 6.77. The Morgan fingerprint density at radius 1 is 1.15 bits per heavy atom. The summed E-state index contributed by atoms with van der Waals surface area (Å²) in [6.45, 7) is 6.62. The monoisotopic (exact) mass is 446 g/mol. The quantitative estimate of drug-likeness (QED) is 0.557. The number of aromatic nitrogens is 2. The Morgan fingerprint density at radius 2 is 2.00 bits per heavy atom. The minimum Gasteiger partial charge on any atom is -0.493 e. The molecule has 7 nitrogen and oxygen atoms in total.